The number of ketones is 1. The molecule has 0 heterocycles. The summed E-state index contributed by atoms with van der Waals surface area (Å²) in [6.45, 7) is 0. The largest absolute Gasteiger partial charge is 0.295 e. The van der Waals surface area contributed by atoms with Crippen molar-refractivity contribution < 1.29 is 4.79 Å². The Bertz CT molecular complexity index is 853. The lowest BCUT2D eigenvalue weighted by molar-refractivity contribution is -0.115. The van der Waals surface area contributed by atoms with Crippen molar-refractivity contribution >= 4 is 11.4 Å². The number of rotatable bonds is 3. The molecule has 0 aliphatic heterocycles. The Morgan fingerprint density at radius 3 is 1.60 bits per heavy atom. The Labute approximate surface area is 148 Å². The third-order valence-corrected chi connectivity index (χ3v) is 5.10. The molecule has 1 nitrogen and oxygen atoms in total. The van der Waals surface area contributed by atoms with E-state index < -0.39 is 0 Å². The van der Waals surface area contributed by atoms with E-state index in [0.29, 0.717) is 6.42 Å². The van der Waals surface area contributed by atoms with Crippen LogP contribution in [0.5, 0.6) is 0 Å². The Balaban J connectivity index is 1.88. The first-order valence-electron chi connectivity index (χ1n) is 8.68. The summed E-state index contributed by atoms with van der Waals surface area (Å²) in [7, 11) is 0. The van der Waals surface area contributed by atoms with Crippen molar-refractivity contribution in [3.8, 4) is 0 Å². The Morgan fingerprint density at radius 1 is 0.600 bits per heavy atom. The number of carbonyl (C=O) groups is 1. The van der Waals surface area contributed by atoms with Crippen LogP contribution in [0.3, 0.4) is 0 Å². The molecule has 122 valence electrons. The van der Waals surface area contributed by atoms with E-state index in [0.717, 1.165) is 17.6 Å². The second-order valence-electron chi connectivity index (χ2n) is 6.67. The Hall–Kier alpha value is -2.93. The van der Waals surface area contributed by atoms with E-state index in [4.69, 9.17) is 0 Å². The predicted molar refractivity (Wildman–Crippen MR) is 102 cm³/mol. The molecule has 0 unspecified atom stereocenters. The zero-order chi connectivity index (χ0) is 17.1. The molecular weight excluding hydrogens is 304 g/mol. The van der Waals surface area contributed by atoms with Crippen LogP contribution >= 0.6 is 0 Å². The van der Waals surface area contributed by atoms with Gasteiger partial charge in [0.25, 0.3) is 0 Å². The Morgan fingerprint density at radius 2 is 1.08 bits per heavy atom. The maximum atomic E-state index is 12.7. The molecule has 0 fully saturated rings. The maximum Gasteiger partial charge on any atom is 0.157 e. The SMILES string of the molecule is O=C1C=C(c2ccccc2)CC(c2ccccc2)(c2ccccc2)C1. The first-order valence-corrected chi connectivity index (χ1v) is 8.68. The minimum Gasteiger partial charge on any atom is -0.295 e. The lowest BCUT2D eigenvalue weighted by Gasteiger charge is -2.38. The van der Waals surface area contributed by atoms with Crippen LogP contribution in [0.4, 0.5) is 0 Å². The van der Waals surface area contributed by atoms with E-state index in [2.05, 4.69) is 60.7 Å². The molecular formula is C24H20O. The van der Waals surface area contributed by atoms with Gasteiger partial charge in [-0.2, -0.15) is 0 Å². The molecule has 0 saturated carbocycles. The number of carbonyl (C=O) groups excluding carboxylic acids is 1. The van der Waals surface area contributed by atoms with Gasteiger partial charge < -0.3 is 0 Å². The molecule has 0 N–H and O–H groups in total. The molecule has 25 heavy (non-hydrogen) atoms. The van der Waals surface area contributed by atoms with Gasteiger partial charge >= 0.3 is 0 Å². The minimum absolute atomic E-state index is 0.192. The first kappa shape index (κ1) is 15.6. The van der Waals surface area contributed by atoms with Crippen LogP contribution in [0.2, 0.25) is 0 Å². The van der Waals surface area contributed by atoms with Crippen LogP contribution in [0, 0.1) is 0 Å². The summed E-state index contributed by atoms with van der Waals surface area (Å²) in [5.41, 5.74) is 4.35. The maximum absolute atomic E-state index is 12.7. The highest BCUT2D eigenvalue weighted by Crippen LogP contribution is 2.46. The normalized spacial score (nSPS) is 16.3. The van der Waals surface area contributed by atoms with Crippen LogP contribution in [0.15, 0.2) is 97.1 Å². The topological polar surface area (TPSA) is 17.1 Å². The van der Waals surface area contributed by atoms with Gasteiger partial charge in [-0.15, -0.1) is 0 Å². The van der Waals surface area contributed by atoms with Crippen LogP contribution in [-0.2, 0) is 10.2 Å². The Kier molecular flexibility index (Phi) is 4.07. The van der Waals surface area contributed by atoms with E-state index in [9.17, 15) is 4.79 Å². The molecule has 0 spiro atoms. The second kappa shape index (κ2) is 6.52. The van der Waals surface area contributed by atoms with Crippen LogP contribution in [0.25, 0.3) is 5.57 Å². The van der Waals surface area contributed by atoms with Crippen LogP contribution < -0.4 is 0 Å². The third-order valence-electron chi connectivity index (χ3n) is 5.10. The first-order chi connectivity index (χ1) is 12.3. The van der Waals surface area contributed by atoms with E-state index in [1.165, 1.54) is 11.1 Å². The highest BCUT2D eigenvalue weighted by molar-refractivity contribution is 6.00. The molecule has 4 rings (SSSR count). The van der Waals surface area contributed by atoms with Gasteiger partial charge in [0.05, 0.1) is 0 Å². The van der Waals surface area contributed by atoms with E-state index in [1.54, 1.807) is 0 Å². The fourth-order valence-corrected chi connectivity index (χ4v) is 3.91. The zero-order valence-electron chi connectivity index (χ0n) is 14.1. The van der Waals surface area contributed by atoms with Gasteiger partial charge in [-0.05, 0) is 34.8 Å². The second-order valence-corrected chi connectivity index (χ2v) is 6.67. The lowest BCUT2D eigenvalue weighted by atomic mass is 9.64. The van der Waals surface area contributed by atoms with Gasteiger partial charge in [0.2, 0.25) is 0 Å². The van der Waals surface area contributed by atoms with Gasteiger partial charge in [0.15, 0.2) is 5.78 Å². The molecule has 0 saturated heterocycles. The lowest BCUT2D eigenvalue weighted by Crippen LogP contribution is -2.33. The van der Waals surface area contributed by atoms with Gasteiger partial charge in [0.1, 0.15) is 0 Å². The molecule has 0 atom stereocenters. The summed E-state index contributed by atoms with van der Waals surface area (Å²) in [5.74, 6) is 0.192. The molecule has 0 aromatic heterocycles. The van der Waals surface area contributed by atoms with Crippen molar-refractivity contribution in [1.29, 1.82) is 0 Å². The highest BCUT2D eigenvalue weighted by atomic mass is 16.1. The molecule has 0 bridgehead atoms. The van der Waals surface area contributed by atoms with E-state index >= 15 is 0 Å². The van der Waals surface area contributed by atoms with Crippen molar-refractivity contribution in [3.05, 3.63) is 114 Å². The summed E-state index contributed by atoms with van der Waals surface area (Å²) in [5, 5.41) is 0. The van der Waals surface area contributed by atoms with Crippen molar-refractivity contribution in [2.24, 2.45) is 0 Å². The van der Waals surface area contributed by atoms with E-state index in [-0.39, 0.29) is 11.2 Å². The van der Waals surface area contributed by atoms with Crippen LogP contribution in [-0.4, -0.2) is 5.78 Å². The summed E-state index contributed by atoms with van der Waals surface area (Å²) in [4.78, 5) is 12.7. The molecule has 1 aliphatic carbocycles. The quantitative estimate of drug-likeness (QED) is 0.629. The average molecular weight is 324 g/mol. The third kappa shape index (κ3) is 2.94. The number of hydrogen-bond acceptors (Lipinski definition) is 1. The summed E-state index contributed by atoms with van der Waals surface area (Å²) >= 11 is 0. The number of allylic oxidation sites excluding steroid dienone is 2. The monoisotopic (exact) mass is 324 g/mol. The van der Waals surface area contributed by atoms with Gasteiger partial charge in [-0.1, -0.05) is 91.0 Å². The average Bonchev–Trinajstić information content (AvgIpc) is 2.69. The standard InChI is InChI=1S/C24H20O/c25-23-16-20(19-10-4-1-5-11-19)17-24(18-23,21-12-6-2-7-13-21)22-14-8-3-9-15-22/h1-16H,17-18H2. The number of benzene rings is 3. The summed E-state index contributed by atoms with van der Waals surface area (Å²) in [6, 6.07) is 31.1. The number of hydrogen-bond donors (Lipinski definition) is 0. The van der Waals surface area contributed by atoms with Gasteiger partial charge in [-0.25, -0.2) is 0 Å². The fourth-order valence-electron chi connectivity index (χ4n) is 3.91. The zero-order valence-corrected chi connectivity index (χ0v) is 14.1. The molecule has 1 aliphatic rings. The molecule has 1 heteroatoms. The smallest absolute Gasteiger partial charge is 0.157 e. The molecule has 3 aromatic carbocycles. The van der Waals surface area contributed by atoms with Crippen LogP contribution in [0.1, 0.15) is 29.5 Å². The van der Waals surface area contributed by atoms with Gasteiger partial charge in [0, 0.05) is 11.8 Å². The van der Waals surface area contributed by atoms with Crippen molar-refractivity contribution in [1.82, 2.24) is 0 Å². The fraction of sp³-hybridized carbons (Fsp3) is 0.125. The van der Waals surface area contributed by atoms with E-state index in [1.807, 2.05) is 36.4 Å². The van der Waals surface area contributed by atoms with Gasteiger partial charge in [-0.3, -0.25) is 4.79 Å². The molecule has 0 amide bonds. The van der Waals surface area contributed by atoms with Crippen molar-refractivity contribution in [3.63, 3.8) is 0 Å². The summed E-state index contributed by atoms with van der Waals surface area (Å²) < 4.78 is 0. The predicted octanol–water partition coefficient (Wildman–Crippen LogP) is 5.42. The van der Waals surface area contributed by atoms with Crippen molar-refractivity contribution in [2.75, 3.05) is 0 Å². The van der Waals surface area contributed by atoms with Crippen molar-refractivity contribution in [2.45, 2.75) is 18.3 Å². The highest BCUT2D eigenvalue weighted by Gasteiger charge is 2.39. The molecule has 0 radical (unpaired) electrons. The summed E-state index contributed by atoms with van der Waals surface area (Å²) in [6.07, 6.45) is 3.17. The molecule has 3 aromatic rings. The minimum atomic E-state index is -0.306.